The van der Waals surface area contributed by atoms with Gasteiger partial charge in [0.1, 0.15) is 0 Å². The summed E-state index contributed by atoms with van der Waals surface area (Å²) >= 11 is 0. The topological polar surface area (TPSA) is 427 Å². The molecule has 8 aromatic rings. The number of carbonyl (C=O) groups is 9. The van der Waals surface area contributed by atoms with Crippen LogP contribution in [-0.4, -0.2) is 216 Å². The van der Waals surface area contributed by atoms with Crippen LogP contribution in [0.1, 0.15) is 158 Å². The second-order valence-corrected chi connectivity index (χ2v) is 30.0. The molecule has 114 heavy (non-hydrogen) atoms. The van der Waals surface area contributed by atoms with Crippen molar-refractivity contribution in [3.05, 3.63) is 144 Å². The number of aromatic amines is 4. The van der Waals surface area contributed by atoms with Gasteiger partial charge in [-0.1, -0.05) is 157 Å². The quantitative estimate of drug-likeness (QED) is 0.0184. The lowest BCUT2D eigenvalue weighted by Gasteiger charge is -2.35. The van der Waals surface area contributed by atoms with Crippen LogP contribution in [-0.2, 0) is 68.8 Å². The second kappa shape index (κ2) is 49.6. The van der Waals surface area contributed by atoms with Gasteiger partial charge in [-0.3, -0.25) is 48.1 Å². The van der Waals surface area contributed by atoms with Crippen LogP contribution in [0.5, 0.6) is 0 Å². The first kappa shape index (κ1) is 89.6. The molecule has 0 spiro atoms. The van der Waals surface area contributed by atoms with E-state index in [4.69, 9.17) is 22.9 Å². The van der Waals surface area contributed by atoms with Gasteiger partial charge in [0.15, 0.2) is 0 Å². The van der Waals surface area contributed by atoms with Crippen LogP contribution in [0, 0.1) is 0 Å². The van der Waals surface area contributed by atoms with Gasteiger partial charge >= 0.3 is 0 Å². The number of nitrogens with one attached hydrogen (secondary N) is 12. The number of rotatable bonds is 57. The lowest BCUT2D eigenvalue weighted by Crippen LogP contribution is -2.51. The molecule has 0 aliphatic carbocycles. The molecule has 0 fully saturated rings. The van der Waals surface area contributed by atoms with E-state index in [0.29, 0.717) is 64.6 Å². The highest BCUT2D eigenvalue weighted by atomic mass is 16.2. The summed E-state index contributed by atoms with van der Waals surface area (Å²) in [5, 5.41) is 27.1. The molecule has 0 radical (unpaired) electrons. The van der Waals surface area contributed by atoms with Crippen molar-refractivity contribution in [3.63, 3.8) is 0 Å². The first-order chi connectivity index (χ1) is 55.4. The fourth-order valence-corrected chi connectivity index (χ4v) is 14.6. The van der Waals surface area contributed by atoms with Crippen molar-refractivity contribution in [2.24, 2.45) is 22.9 Å². The van der Waals surface area contributed by atoms with Gasteiger partial charge in [-0.15, -0.1) is 0 Å². The number of aromatic nitrogens is 4. The van der Waals surface area contributed by atoms with Crippen molar-refractivity contribution >= 4 is 96.8 Å². The van der Waals surface area contributed by atoms with Gasteiger partial charge in [0, 0.05) is 186 Å². The first-order valence-electron chi connectivity index (χ1n) is 41.5. The molecule has 4 aromatic heterocycles. The molecule has 620 valence electrons. The van der Waals surface area contributed by atoms with Crippen molar-refractivity contribution < 1.29 is 43.2 Å². The molecule has 28 nitrogen and oxygen atoms in total. The maximum atomic E-state index is 15.8. The van der Waals surface area contributed by atoms with Gasteiger partial charge < -0.3 is 95.2 Å². The van der Waals surface area contributed by atoms with Gasteiger partial charge in [-0.05, 0) is 104 Å². The monoisotopic (exact) mass is 1570 g/mol. The molecule has 28 heteroatoms. The molecule has 0 unspecified atom stereocenters. The first-order valence-corrected chi connectivity index (χ1v) is 41.5. The zero-order chi connectivity index (χ0) is 81.2. The Morgan fingerprint density at radius 1 is 0.325 bits per heavy atom. The fourth-order valence-electron chi connectivity index (χ4n) is 14.6. The van der Waals surface area contributed by atoms with Crippen LogP contribution < -0.4 is 65.5 Å². The summed E-state index contributed by atoms with van der Waals surface area (Å²) in [6, 6.07) is 27.1. The predicted octanol–water partition coefficient (Wildman–Crippen LogP) is 6.37. The maximum absolute atomic E-state index is 15.8. The van der Waals surface area contributed by atoms with E-state index in [2.05, 4.69) is 76.3 Å². The largest absolute Gasteiger partial charge is 0.361 e. The Morgan fingerprint density at radius 3 is 0.912 bits per heavy atom. The van der Waals surface area contributed by atoms with Gasteiger partial charge in [-0.2, -0.15) is 0 Å². The van der Waals surface area contributed by atoms with E-state index in [1.54, 1.807) is 0 Å². The van der Waals surface area contributed by atoms with Gasteiger partial charge in [-0.25, -0.2) is 0 Å². The third-order valence-corrected chi connectivity index (χ3v) is 21.2. The molecular formula is C86H127N19O9. The number of para-hydroxylation sites is 4. The highest BCUT2D eigenvalue weighted by molar-refractivity contribution is 5.90. The van der Waals surface area contributed by atoms with E-state index >= 15 is 4.79 Å². The highest BCUT2D eigenvalue weighted by Gasteiger charge is 2.31. The van der Waals surface area contributed by atoms with Crippen LogP contribution in [0.4, 0.5) is 0 Å². The average molecular weight is 1570 g/mol. The number of unbranched alkanes of at least 4 members (excludes halogenated alkanes) is 11. The van der Waals surface area contributed by atoms with E-state index in [9.17, 15) is 38.4 Å². The van der Waals surface area contributed by atoms with Crippen molar-refractivity contribution in [1.29, 1.82) is 0 Å². The van der Waals surface area contributed by atoms with Crippen LogP contribution in [0.2, 0.25) is 0 Å². The number of carbonyl (C=O) groups excluding carboxylic acids is 9. The van der Waals surface area contributed by atoms with E-state index in [1.807, 2.05) is 137 Å². The molecule has 0 saturated carbocycles. The number of nitrogens with zero attached hydrogens (tertiary/aromatic N) is 3. The Bertz CT molecular complexity index is 4030. The van der Waals surface area contributed by atoms with Crippen LogP contribution in [0.15, 0.2) is 122 Å². The minimum absolute atomic E-state index is 0.0333. The summed E-state index contributed by atoms with van der Waals surface area (Å²) in [5.74, 6) is -2.65. The van der Waals surface area contributed by atoms with E-state index in [1.165, 1.54) is 0 Å². The maximum Gasteiger partial charge on any atom is 0.239 e. The summed E-state index contributed by atoms with van der Waals surface area (Å²) in [4.78, 5) is 143. The SMILES string of the molecule is CCCCCCCCN(CCCCCCCC)C(=O)[C@H](CCCCN(CCC(=O)NCCNC(=O)[C@@H](N)Cc1c[nH]c2ccccc12)CCC(=O)NCCNC(=O)[C@@H](N)Cc1c[nH]c2ccccc12)N(CCC(=O)NCCNC(=O)[C@@H](N)Cc1c[nH]c2ccccc12)CCC(=O)NCCNC(=O)[C@@H](N)Cc1c[nH]c2ccccc12. The van der Waals surface area contributed by atoms with Gasteiger partial charge in [0.05, 0.1) is 30.2 Å². The fraction of sp³-hybridized carbons (Fsp3) is 0.523. The molecule has 0 saturated heterocycles. The van der Waals surface area contributed by atoms with Crippen molar-refractivity contribution in [1.82, 2.24) is 77.2 Å². The molecule has 0 aliphatic rings. The Morgan fingerprint density at radius 2 is 0.596 bits per heavy atom. The van der Waals surface area contributed by atoms with E-state index < -0.39 is 30.2 Å². The Hall–Kier alpha value is -9.97. The summed E-state index contributed by atoms with van der Waals surface area (Å²) in [7, 11) is 0. The number of hydrogen-bond donors (Lipinski definition) is 16. The third-order valence-electron chi connectivity index (χ3n) is 21.2. The summed E-state index contributed by atoms with van der Waals surface area (Å²) in [6.07, 6.45) is 22.6. The summed E-state index contributed by atoms with van der Waals surface area (Å²) in [6.45, 7) is 7.79. The number of nitrogens with two attached hydrogens (primary N) is 4. The number of fused-ring (bicyclic) bond motifs is 4. The standard InChI is InChI=1S/C86H127N19O9/c1-3-5-7-9-11-22-47-105(48-23-12-10-8-6-4-2)86(114)77(104(51-36-80(108)93-40-44-97-84(112)71(89)55-63-59-101-75-31-19-15-27-67(63)75)52-37-81(109)94-41-45-98-85(113)72(90)56-64-60-102-76-32-20-16-28-68(64)76)33-21-24-46-103(49-34-78(106)91-38-42-95-82(110)69(87)53-61-57-99-73-29-17-13-25-65(61)73)50-35-79(107)92-39-43-96-83(111)70(88)54-62-58-100-74-30-18-14-26-66(62)74/h13-20,25-32,57-60,69-72,77,99-102H,3-12,21-24,33-56,87-90H2,1-2H3,(H,91,106)(H,92,107)(H,93,108)(H,94,109)(H,95,110)(H,96,111)(H,97,112)(H,98,113)/t69-,70-,71-,72-,77-/m0/s1. The predicted molar refractivity (Wildman–Crippen MR) is 451 cm³/mol. The summed E-state index contributed by atoms with van der Waals surface area (Å²) in [5.41, 5.74) is 33.0. The Labute approximate surface area is 670 Å². The number of H-pyrrole nitrogens is 4. The zero-order valence-corrected chi connectivity index (χ0v) is 67.1. The normalized spacial score (nSPS) is 12.9. The van der Waals surface area contributed by atoms with Crippen molar-refractivity contribution in [3.8, 4) is 0 Å². The van der Waals surface area contributed by atoms with Crippen LogP contribution >= 0.6 is 0 Å². The number of hydrogen-bond acceptors (Lipinski definition) is 15. The zero-order valence-electron chi connectivity index (χ0n) is 67.1. The molecule has 0 bridgehead atoms. The third kappa shape index (κ3) is 30.4. The molecular weight excluding hydrogens is 1440 g/mol. The minimum Gasteiger partial charge on any atom is -0.361 e. The van der Waals surface area contributed by atoms with Crippen LogP contribution in [0.25, 0.3) is 43.6 Å². The Kier molecular flexibility index (Phi) is 39.0. The number of benzene rings is 4. The van der Waals surface area contributed by atoms with E-state index in [0.717, 1.165) is 143 Å². The lowest BCUT2D eigenvalue weighted by atomic mass is 10.0. The van der Waals surface area contributed by atoms with Crippen molar-refractivity contribution in [2.45, 2.75) is 192 Å². The molecule has 8 rings (SSSR count). The van der Waals surface area contributed by atoms with Crippen LogP contribution in [0.3, 0.4) is 0 Å². The molecule has 9 amide bonds. The molecule has 4 heterocycles. The van der Waals surface area contributed by atoms with Gasteiger partial charge in [0.25, 0.3) is 0 Å². The van der Waals surface area contributed by atoms with Crippen molar-refractivity contribution in [2.75, 3.05) is 98.2 Å². The number of amides is 9. The lowest BCUT2D eigenvalue weighted by molar-refractivity contribution is -0.139. The molecule has 5 atom stereocenters. The summed E-state index contributed by atoms with van der Waals surface area (Å²) < 4.78 is 0. The molecule has 0 aliphatic heterocycles. The smallest absolute Gasteiger partial charge is 0.239 e. The second-order valence-electron chi connectivity index (χ2n) is 30.0. The Balaban J connectivity index is 0.936. The minimum atomic E-state index is -0.832. The molecule has 20 N–H and O–H groups in total. The highest BCUT2D eigenvalue weighted by Crippen LogP contribution is 2.24. The average Bonchev–Trinajstić information content (AvgIpc) is 1.71. The molecule has 4 aromatic carbocycles. The van der Waals surface area contributed by atoms with Gasteiger partial charge in [0.2, 0.25) is 53.2 Å². The van der Waals surface area contributed by atoms with E-state index in [-0.39, 0.29) is 157 Å².